The third-order valence-corrected chi connectivity index (χ3v) is 4.00. The Hall–Kier alpha value is -1.52. The smallest absolute Gasteiger partial charge is 0.416 e. The molecule has 2 nitrogen and oxygen atoms in total. The molecule has 0 saturated heterocycles. The van der Waals surface area contributed by atoms with Crippen molar-refractivity contribution in [3.05, 3.63) is 35.4 Å². The molecule has 5 heteroatoms. The molecule has 1 aliphatic carbocycles. The first-order valence-corrected chi connectivity index (χ1v) is 6.77. The SMILES string of the molecule is O=C(O)C(Cc1cccc(C(F)(F)F)c1)C1CCCC1. The van der Waals surface area contributed by atoms with Gasteiger partial charge in [-0.2, -0.15) is 13.2 Å². The van der Waals surface area contributed by atoms with Gasteiger partial charge in [0.25, 0.3) is 0 Å². The number of aliphatic carboxylic acids is 1. The van der Waals surface area contributed by atoms with Gasteiger partial charge in [-0.05, 0) is 36.8 Å². The van der Waals surface area contributed by atoms with Crippen LogP contribution in [0, 0.1) is 11.8 Å². The van der Waals surface area contributed by atoms with Gasteiger partial charge in [-0.15, -0.1) is 0 Å². The predicted octanol–water partition coefficient (Wildman–Crippen LogP) is 4.14. The van der Waals surface area contributed by atoms with Crippen LogP contribution in [0.15, 0.2) is 24.3 Å². The van der Waals surface area contributed by atoms with Crippen LogP contribution in [0.3, 0.4) is 0 Å². The molecule has 0 heterocycles. The first-order chi connectivity index (χ1) is 9.38. The molecule has 1 fully saturated rings. The Morgan fingerprint density at radius 3 is 2.50 bits per heavy atom. The molecule has 0 spiro atoms. The third kappa shape index (κ3) is 3.52. The molecule has 0 radical (unpaired) electrons. The van der Waals surface area contributed by atoms with Crippen molar-refractivity contribution in [2.24, 2.45) is 11.8 Å². The number of carboxylic acids is 1. The van der Waals surface area contributed by atoms with Crippen molar-refractivity contribution >= 4 is 5.97 Å². The Labute approximate surface area is 115 Å². The van der Waals surface area contributed by atoms with Crippen molar-refractivity contribution in [2.75, 3.05) is 0 Å². The predicted molar refractivity (Wildman–Crippen MR) is 68.2 cm³/mol. The number of halogens is 3. The Kier molecular flexibility index (Phi) is 4.35. The van der Waals surface area contributed by atoms with Crippen LogP contribution >= 0.6 is 0 Å². The van der Waals surface area contributed by atoms with Crippen LogP contribution in [-0.4, -0.2) is 11.1 Å². The lowest BCUT2D eigenvalue weighted by Gasteiger charge is -2.19. The van der Waals surface area contributed by atoms with Crippen LogP contribution in [-0.2, 0) is 17.4 Å². The second-order valence-electron chi connectivity index (χ2n) is 5.39. The Balaban J connectivity index is 2.16. The number of hydrogen-bond donors (Lipinski definition) is 1. The Bertz CT molecular complexity index is 476. The molecule has 1 saturated carbocycles. The highest BCUT2D eigenvalue weighted by Crippen LogP contribution is 2.35. The van der Waals surface area contributed by atoms with E-state index in [4.69, 9.17) is 0 Å². The Morgan fingerprint density at radius 1 is 1.30 bits per heavy atom. The quantitative estimate of drug-likeness (QED) is 0.903. The summed E-state index contributed by atoms with van der Waals surface area (Å²) in [5.41, 5.74) is -0.273. The number of alkyl halides is 3. The molecular formula is C15H17F3O2. The second-order valence-corrected chi connectivity index (χ2v) is 5.39. The molecule has 0 amide bonds. The summed E-state index contributed by atoms with van der Waals surface area (Å²) in [4.78, 5) is 11.4. The molecular weight excluding hydrogens is 269 g/mol. The summed E-state index contributed by atoms with van der Waals surface area (Å²) in [6.07, 6.45) is -0.480. The monoisotopic (exact) mass is 286 g/mol. The van der Waals surface area contributed by atoms with Gasteiger partial charge in [0.1, 0.15) is 0 Å². The molecule has 1 atom stereocenters. The molecule has 0 bridgehead atoms. The average Bonchev–Trinajstić information content (AvgIpc) is 2.88. The highest BCUT2D eigenvalue weighted by molar-refractivity contribution is 5.70. The van der Waals surface area contributed by atoms with Gasteiger partial charge in [0, 0.05) is 0 Å². The van der Waals surface area contributed by atoms with Crippen molar-refractivity contribution < 1.29 is 23.1 Å². The summed E-state index contributed by atoms with van der Waals surface area (Å²) >= 11 is 0. The van der Waals surface area contributed by atoms with E-state index < -0.39 is 23.6 Å². The van der Waals surface area contributed by atoms with Crippen molar-refractivity contribution in [1.29, 1.82) is 0 Å². The zero-order valence-electron chi connectivity index (χ0n) is 11.0. The molecule has 2 rings (SSSR count). The molecule has 1 aromatic rings. The lowest BCUT2D eigenvalue weighted by molar-refractivity contribution is -0.143. The number of rotatable bonds is 4. The maximum atomic E-state index is 12.6. The highest BCUT2D eigenvalue weighted by atomic mass is 19.4. The van der Waals surface area contributed by atoms with Crippen LogP contribution in [0.2, 0.25) is 0 Å². The molecule has 1 aliphatic rings. The molecule has 1 aromatic carbocycles. The standard InChI is InChI=1S/C15H17F3O2/c16-15(17,18)12-7-3-4-10(8-12)9-13(14(19)20)11-5-1-2-6-11/h3-4,7-8,11,13H,1-2,5-6,9H2,(H,19,20). The van der Waals surface area contributed by atoms with Gasteiger partial charge in [-0.3, -0.25) is 4.79 Å². The van der Waals surface area contributed by atoms with Crippen LogP contribution in [0.5, 0.6) is 0 Å². The van der Waals surface area contributed by atoms with E-state index in [0.717, 1.165) is 37.8 Å². The summed E-state index contributed by atoms with van der Waals surface area (Å²) in [6, 6.07) is 4.98. The highest BCUT2D eigenvalue weighted by Gasteiger charge is 2.33. The maximum Gasteiger partial charge on any atom is 0.416 e. The van der Waals surface area contributed by atoms with E-state index >= 15 is 0 Å². The Morgan fingerprint density at radius 2 is 1.95 bits per heavy atom. The van der Waals surface area contributed by atoms with Gasteiger partial charge in [0.2, 0.25) is 0 Å². The van der Waals surface area contributed by atoms with Crippen molar-refractivity contribution in [2.45, 2.75) is 38.3 Å². The van der Waals surface area contributed by atoms with Gasteiger partial charge >= 0.3 is 12.1 Å². The van der Waals surface area contributed by atoms with Crippen LogP contribution in [0.25, 0.3) is 0 Å². The van der Waals surface area contributed by atoms with Crippen LogP contribution in [0.4, 0.5) is 13.2 Å². The first-order valence-electron chi connectivity index (χ1n) is 6.77. The summed E-state index contributed by atoms with van der Waals surface area (Å²) < 4.78 is 37.9. The lowest BCUT2D eigenvalue weighted by atomic mass is 9.85. The van der Waals surface area contributed by atoms with Crippen LogP contribution in [0.1, 0.15) is 36.8 Å². The topological polar surface area (TPSA) is 37.3 Å². The molecule has 1 unspecified atom stereocenters. The molecule has 0 aliphatic heterocycles. The van der Waals surface area contributed by atoms with Crippen molar-refractivity contribution in [3.63, 3.8) is 0 Å². The lowest BCUT2D eigenvalue weighted by Crippen LogP contribution is -2.24. The van der Waals surface area contributed by atoms with E-state index in [1.807, 2.05) is 0 Å². The molecule has 0 aromatic heterocycles. The summed E-state index contributed by atoms with van der Waals surface area (Å²) in [5.74, 6) is -1.41. The fourth-order valence-corrected chi connectivity index (χ4v) is 2.94. The largest absolute Gasteiger partial charge is 0.481 e. The van der Waals surface area contributed by atoms with Gasteiger partial charge in [-0.25, -0.2) is 0 Å². The molecule has 20 heavy (non-hydrogen) atoms. The zero-order chi connectivity index (χ0) is 14.8. The second kappa shape index (κ2) is 5.85. The van der Waals surface area contributed by atoms with Crippen molar-refractivity contribution in [1.82, 2.24) is 0 Å². The van der Waals surface area contributed by atoms with Gasteiger partial charge in [0.05, 0.1) is 11.5 Å². The van der Waals surface area contributed by atoms with Crippen LogP contribution < -0.4 is 0 Å². The normalized spacial score (nSPS) is 18.1. The first kappa shape index (κ1) is 14.9. The fourth-order valence-electron chi connectivity index (χ4n) is 2.94. The van der Waals surface area contributed by atoms with E-state index in [2.05, 4.69) is 0 Å². The van der Waals surface area contributed by atoms with Gasteiger partial charge in [0.15, 0.2) is 0 Å². The van der Waals surface area contributed by atoms with E-state index in [1.54, 1.807) is 6.07 Å². The molecule has 1 N–H and O–H groups in total. The average molecular weight is 286 g/mol. The number of carboxylic acid groups (broad SMARTS) is 1. The van der Waals surface area contributed by atoms with Crippen molar-refractivity contribution in [3.8, 4) is 0 Å². The fraction of sp³-hybridized carbons (Fsp3) is 0.533. The van der Waals surface area contributed by atoms with E-state index in [-0.39, 0.29) is 12.3 Å². The van der Waals surface area contributed by atoms with E-state index in [1.165, 1.54) is 6.07 Å². The minimum Gasteiger partial charge on any atom is -0.481 e. The third-order valence-electron chi connectivity index (χ3n) is 4.00. The number of carbonyl (C=O) groups is 1. The van der Waals surface area contributed by atoms with E-state index in [0.29, 0.717) is 5.56 Å². The number of benzene rings is 1. The maximum absolute atomic E-state index is 12.6. The summed E-state index contributed by atoms with van der Waals surface area (Å²) in [7, 11) is 0. The minimum atomic E-state index is -4.39. The molecule has 110 valence electrons. The minimum absolute atomic E-state index is 0.0852. The summed E-state index contributed by atoms with van der Waals surface area (Å²) in [5, 5.41) is 9.30. The summed E-state index contributed by atoms with van der Waals surface area (Å²) in [6.45, 7) is 0. The zero-order valence-corrected chi connectivity index (χ0v) is 11.0. The number of hydrogen-bond acceptors (Lipinski definition) is 1. The van der Waals surface area contributed by atoms with Gasteiger partial charge < -0.3 is 5.11 Å². The van der Waals surface area contributed by atoms with E-state index in [9.17, 15) is 23.1 Å². The van der Waals surface area contributed by atoms with Gasteiger partial charge in [-0.1, -0.05) is 31.0 Å².